The van der Waals surface area contributed by atoms with Crippen LogP contribution in [0.4, 0.5) is 0 Å². The Bertz CT molecular complexity index is 745. The van der Waals surface area contributed by atoms with Crippen LogP contribution in [0.2, 0.25) is 0 Å². The Hall–Kier alpha value is -2.34. The maximum Gasteiger partial charge on any atom is 0.271 e. The Kier molecular flexibility index (Phi) is 5.76. The van der Waals surface area contributed by atoms with Gasteiger partial charge in [-0.15, -0.1) is 0 Å². The van der Waals surface area contributed by atoms with Crippen molar-refractivity contribution in [3.63, 3.8) is 0 Å². The summed E-state index contributed by atoms with van der Waals surface area (Å²) in [6.45, 7) is 1.96. The fourth-order valence-corrected chi connectivity index (χ4v) is 2.28. The number of carbonyl (C=O) groups is 1. The summed E-state index contributed by atoms with van der Waals surface area (Å²) < 4.78 is 11.3. The number of rotatable bonds is 5. The quantitative estimate of drug-likeness (QED) is 0.641. The second kappa shape index (κ2) is 7.78. The van der Waals surface area contributed by atoms with Gasteiger partial charge < -0.3 is 9.47 Å². The lowest BCUT2D eigenvalue weighted by atomic mass is 10.1. The molecule has 0 heterocycles. The molecule has 23 heavy (non-hydrogen) atoms. The number of hydrogen-bond donors (Lipinski definition) is 1. The van der Waals surface area contributed by atoms with E-state index in [9.17, 15) is 4.79 Å². The van der Waals surface area contributed by atoms with Crippen LogP contribution in [0.1, 0.15) is 21.5 Å². The summed E-state index contributed by atoms with van der Waals surface area (Å²) in [5, 5.41) is 3.96. The predicted octanol–water partition coefficient (Wildman–Crippen LogP) is 3.54. The highest BCUT2D eigenvalue weighted by Crippen LogP contribution is 2.26. The highest BCUT2D eigenvalue weighted by molar-refractivity contribution is 9.10. The number of amides is 1. The molecule has 0 aliphatic heterocycles. The molecule has 6 heteroatoms. The van der Waals surface area contributed by atoms with Crippen LogP contribution in [-0.4, -0.2) is 26.3 Å². The molecule has 0 spiro atoms. The summed E-state index contributed by atoms with van der Waals surface area (Å²) in [5.74, 6) is 0.964. The third kappa shape index (κ3) is 4.32. The second-order valence-electron chi connectivity index (χ2n) is 4.78. The van der Waals surface area contributed by atoms with Crippen molar-refractivity contribution in [3.05, 3.63) is 57.6 Å². The first-order chi connectivity index (χ1) is 11.0. The molecule has 0 bridgehead atoms. The van der Waals surface area contributed by atoms with E-state index in [0.717, 1.165) is 15.6 Å². The van der Waals surface area contributed by atoms with E-state index in [0.29, 0.717) is 17.1 Å². The van der Waals surface area contributed by atoms with Crippen LogP contribution in [0.15, 0.2) is 46.0 Å². The highest BCUT2D eigenvalue weighted by Gasteiger charge is 2.06. The average molecular weight is 377 g/mol. The van der Waals surface area contributed by atoms with Crippen molar-refractivity contribution >= 4 is 28.1 Å². The topological polar surface area (TPSA) is 59.9 Å². The summed E-state index contributed by atoms with van der Waals surface area (Å²) in [6, 6.07) is 10.8. The number of benzene rings is 2. The summed E-state index contributed by atoms with van der Waals surface area (Å²) >= 11 is 3.40. The number of methoxy groups -OCH3 is 2. The van der Waals surface area contributed by atoms with Gasteiger partial charge in [-0.05, 0) is 48.4 Å². The van der Waals surface area contributed by atoms with E-state index in [1.807, 2.05) is 19.1 Å². The van der Waals surface area contributed by atoms with Crippen molar-refractivity contribution in [1.29, 1.82) is 0 Å². The molecule has 0 fully saturated rings. The molecular formula is C17H17BrN2O3. The van der Waals surface area contributed by atoms with Crippen LogP contribution < -0.4 is 14.9 Å². The summed E-state index contributed by atoms with van der Waals surface area (Å²) in [7, 11) is 3.14. The minimum absolute atomic E-state index is 0.276. The number of nitrogens with one attached hydrogen (secondary N) is 1. The molecular weight excluding hydrogens is 360 g/mol. The molecule has 1 amide bonds. The van der Waals surface area contributed by atoms with Gasteiger partial charge in [0.1, 0.15) is 0 Å². The summed E-state index contributed by atoms with van der Waals surface area (Å²) in [5.41, 5.74) is 4.88. The molecule has 2 aromatic carbocycles. The zero-order chi connectivity index (χ0) is 16.8. The minimum Gasteiger partial charge on any atom is -0.493 e. The van der Waals surface area contributed by atoms with Crippen LogP contribution in [0.25, 0.3) is 0 Å². The Balaban J connectivity index is 2.06. The van der Waals surface area contributed by atoms with E-state index < -0.39 is 0 Å². The van der Waals surface area contributed by atoms with E-state index in [-0.39, 0.29) is 5.91 Å². The van der Waals surface area contributed by atoms with Crippen LogP contribution in [0, 0.1) is 6.92 Å². The average Bonchev–Trinajstić information content (AvgIpc) is 2.57. The van der Waals surface area contributed by atoms with Crippen LogP contribution in [0.3, 0.4) is 0 Å². The van der Waals surface area contributed by atoms with E-state index in [2.05, 4.69) is 26.5 Å². The van der Waals surface area contributed by atoms with Crippen molar-refractivity contribution in [2.75, 3.05) is 14.2 Å². The molecule has 120 valence electrons. The Labute approximate surface area is 143 Å². The fourth-order valence-electron chi connectivity index (χ4n) is 1.90. The maximum absolute atomic E-state index is 12.0. The van der Waals surface area contributed by atoms with Gasteiger partial charge in [0.25, 0.3) is 5.91 Å². The fraction of sp³-hybridized carbons (Fsp3) is 0.176. The molecule has 0 atom stereocenters. The van der Waals surface area contributed by atoms with Gasteiger partial charge in [0.05, 0.1) is 20.4 Å². The number of aryl methyl sites for hydroxylation is 1. The molecule has 5 nitrogen and oxygen atoms in total. The molecule has 2 rings (SSSR count). The van der Waals surface area contributed by atoms with Gasteiger partial charge in [-0.25, -0.2) is 5.43 Å². The molecule has 0 aliphatic carbocycles. The highest BCUT2D eigenvalue weighted by atomic mass is 79.9. The van der Waals surface area contributed by atoms with E-state index in [1.165, 1.54) is 0 Å². The summed E-state index contributed by atoms with van der Waals surface area (Å²) in [4.78, 5) is 12.0. The Morgan fingerprint density at radius 2 is 1.87 bits per heavy atom. The number of halogens is 1. The van der Waals surface area contributed by atoms with E-state index in [1.54, 1.807) is 44.7 Å². The number of hydrazone groups is 1. The Morgan fingerprint density at radius 3 is 2.52 bits per heavy atom. The van der Waals surface area contributed by atoms with Crippen molar-refractivity contribution in [2.24, 2.45) is 5.10 Å². The predicted molar refractivity (Wildman–Crippen MR) is 93.5 cm³/mol. The van der Waals surface area contributed by atoms with E-state index in [4.69, 9.17) is 9.47 Å². The summed E-state index contributed by atoms with van der Waals surface area (Å²) in [6.07, 6.45) is 1.54. The zero-order valence-electron chi connectivity index (χ0n) is 13.1. The van der Waals surface area contributed by atoms with Crippen molar-refractivity contribution in [2.45, 2.75) is 6.92 Å². The Morgan fingerprint density at radius 1 is 1.13 bits per heavy atom. The van der Waals surface area contributed by atoms with Gasteiger partial charge in [0.15, 0.2) is 11.5 Å². The molecule has 0 unspecified atom stereocenters. The minimum atomic E-state index is -0.276. The molecule has 1 N–H and O–H groups in total. The van der Waals surface area contributed by atoms with Crippen LogP contribution in [0.5, 0.6) is 11.5 Å². The smallest absolute Gasteiger partial charge is 0.271 e. The zero-order valence-corrected chi connectivity index (χ0v) is 14.7. The van der Waals surface area contributed by atoms with Crippen molar-refractivity contribution < 1.29 is 14.3 Å². The standard InChI is InChI=1S/C17H17BrN2O3/c1-11-4-6-13(9-14(11)18)17(21)20-19-10-12-5-7-15(22-2)16(8-12)23-3/h4-10H,1-3H3,(H,20,21)/b19-10+. The third-order valence-electron chi connectivity index (χ3n) is 3.22. The monoisotopic (exact) mass is 376 g/mol. The normalized spacial score (nSPS) is 10.6. The molecule has 0 saturated heterocycles. The molecule has 0 aliphatic rings. The first kappa shape index (κ1) is 17.0. The number of nitrogens with zero attached hydrogens (tertiary/aromatic N) is 1. The SMILES string of the molecule is COc1ccc(/C=N/NC(=O)c2ccc(C)c(Br)c2)cc1OC. The van der Waals surface area contributed by atoms with Crippen LogP contribution >= 0.6 is 15.9 Å². The van der Waals surface area contributed by atoms with Gasteiger partial charge in [0, 0.05) is 10.0 Å². The van der Waals surface area contributed by atoms with Crippen molar-refractivity contribution in [1.82, 2.24) is 5.43 Å². The first-order valence-electron chi connectivity index (χ1n) is 6.86. The first-order valence-corrected chi connectivity index (χ1v) is 7.66. The van der Waals surface area contributed by atoms with E-state index >= 15 is 0 Å². The lowest BCUT2D eigenvalue weighted by Gasteiger charge is -2.07. The second-order valence-corrected chi connectivity index (χ2v) is 5.63. The van der Waals surface area contributed by atoms with Gasteiger partial charge in [-0.1, -0.05) is 22.0 Å². The lowest BCUT2D eigenvalue weighted by molar-refractivity contribution is 0.0955. The van der Waals surface area contributed by atoms with Gasteiger partial charge in [-0.3, -0.25) is 4.79 Å². The maximum atomic E-state index is 12.0. The molecule has 2 aromatic rings. The number of hydrogen-bond acceptors (Lipinski definition) is 4. The third-order valence-corrected chi connectivity index (χ3v) is 4.08. The molecule has 0 aromatic heterocycles. The van der Waals surface area contributed by atoms with Crippen molar-refractivity contribution in [3.8, 4) is 11.5 Å². The van der Waals surface area contributed by atoms with Crippen LogP contribution in [-0.2, 0) is 0 Å². The van der Waals surface area contributed by atoms with Gasteiger partial charge in [-0.2, -0.15) is 5.10 Å². The van der Waals surface area contributed by atoms with Gasteiger partial charge in [0.2, 0.25) is 0 Å². The number of carbonyl (C=O) groups excluding carboxylic acids is 1. The largest absolute Gasteiger partial charge is 0.493 e. The van der Waals surface area contributed by atoms with Gasteiger partial charge >= 0.3 is 0 Å². The molecule has 0 saturated carbocycles. The molecule has 0 radical (unpaired) electrons. The number of ether oxygens (including phenoxy) is 2. The lowest BCUT2D eigenvalue weighted by Crippen LogP contribution is -2.17.